The van der Waals surface area contributed by atoms with Gasteiger partial charge in [-0.3, -0.25) is 0 Å². The molecule has 1 aromatic rings. The Morgan fingerprint density at radius 2 is 2.27 bits per heavy atom. The van der Waals surface area contributed by atoms with Crippen molar-refractivity contribution in [1.82, 2.24) is 15.0 Å². The minimum absolute atomic E-state index is 0.487. The molecule has 0 radical (unpaired) electrons. The van der Waals surface area contributed by atoms with Gasteiger partial charge in [0.25, 0.3) is 0 Å². The highest BCUT2D eigenvalue weighted by atomic mass is 15.4. The van der Waals surface area contributed by atoms with Crippen molar-refractivity contribution in [2.45, 2.75) is 52.1 Å². The molecule has 1 aromatic heterocycles. The minimum atomic E-state index is 0.487. The van der Waals surface area contributed by atoms with Crippen LogP contribution in [0.5, 0.6) is 0 Å². The van der Waals surface area contributed by atoms with E-state index in [-0.39, 0.29) is 0 Å². The SMILES string of the molecule is CCc1c(CN)nnn1C(C)C1CCC1. The molecule has 1 unspecified atom stereocenters. The van der Waals surface area contributed by atoms with E-state index in [0.717, 1.165) is 18.0 Å². The predicted octanol–water partition coefficient (Wildman–Crippen LogP) is 1.66. The van der Waals surface area contributed by atoms with E-state index < -0.39 is 0 Å². The maximum Gasteiger partial charge on any atom is 0.0994 e. The number of rotatable bonds is 4. The molecule has 0 amide bonds. The molecule has 2 N–H and O–H groups in total. The van der Waals surface area contributed by atoms with Crippen LogP contribution in [-0.2, 0) is 13.0 Å². The van der Waals surface area contributed by atoms with Crippen molar-refractivity contribution in [3.63, 3.8) is 0 Å². The summed E-state index contributed by atoms with van der Waals surface area (Å²) in [6.07, 6.45) is 5.01. The molecular formula is C11H20N4. The Balaban J connectivity index is 2.22. The van der Waals surface area contributed by atoms with Crippen molar-refractivity contribution in [3.8, 4) is 0 Å². The fourth-order valence-electron chi connectivity index (χ4n) is 2.32. The van der Waals surface area contributed by atoms with E-state index in [9.17, 15) is 0 Å². The third-order valence-corrected chi connectivity index (χ3v) is 3.62. The first-order valence-corrected chi connectivity index (χ1v) is 5.91. The molecule has 4 heteroatoms. The van der Waals surface area contributed by atoms with Crippen LogP contribution in [0, 0.1) is 5.92 Å². The molecule has 4 nitrogen and oxygen atoms in total. The van der Waals surface area contributed by atoms with Gasteiger partial charge in [-0.05, 0) is 32.1 Å². The normalized spacial score (nSPS) is 18.9. The van der Waals surface area contributed by atoms with Gasteiger partial charge in [-0.25, -0.2) is 4.68 Å². The van der Waals surface area contributed by atoms with Crippen molar-refractivity contribution in [2.75, 3.05) is 0 Å². The van der Waals surface area contributed by atoms with Gasteiger partial charge in [0.1, 0.15) is 0 Å². The summed E-state index contributed by atoms with van der Waals surface area (Å²) in [5.41, 5.74) is 7.83. The van der Waals surface area contributed by atoms with Crippen molar-refractivity contribution >= 4 is 0 Å². The maximum absolute atomic E-state index is 5.65. The molecule has 1 heterocycles. The molecule has 84 valence electrons. The number of nitrogens with two attached hydrogens (primary N) is 1. The molecule has 1 saturated carbocycles. The third kappa shape index (κ3) is 1.78. The third-order valence-electron chi connectivity index (χ3n) is 3.62. The van der Waals surface area contributed by atoms with E-state index in [1.165, 1.54) is 25.0 Å². The lowest BCUT2D eigenvalue weighted by atomic mass is 9.80. The molecule has 1 fully saturated rings. The summed E-state index contributed by atoms with van der Waals surface area (Å²) in [4.78, 5) is 0. The van der Waals surface area contributed by atoms with E-state index >= 15 is 0 Å². The highest BCUT2D eigenvalue weighted by molar-refractivity contribution is 5.10. The Hall–Kier alpha value is -0.900. The van der Waals surface area contributed by atoms with Crippen molar-refractivity contribution in [2.24, 2.45) is 11.7 Å². The number of aromatic nitrogens is 3. The summed E-state index contributed by atoms with van der Waals surface area (Å²) in [6.45, 7) is 4.89. The van der Waals surface area contributed by atoms with Crippen LogP contribution in [0.1, 0.15) is 50.5 Å². The van der Waals surface area contributed by atoms with Gasteiger partial charge in [0.05, 0.1) is 17.4 Å². The molecule has 2 rings (SSSR count). The first-order valence-electron chi connectivity index (χ1n) is 5.91. The Labute approximate surface area is 90.8 Å². The lowest BCUT2D eigenvalue weighted by Crippen LogP contribution is -2.25. The summed E-state index contributed by atoms with van der Waals surface area (Å²) in [7, 11) is 0. The van der Waals surface area contributed by atoms with Crippen LogP contribution in [0.15, 0.2) is 0 Å². The average molecular weight is 208 g/mol. The number of nitrogens with zero attached hydrogens (tertiary/aromatic N) is 3. The monoisotopic (exact) mass is 208 g/mol. The van der Waals surface area contributed by atoms with Gasteiger partial charge in [-0.2, -0.15) is 0 Å². The molecule has 1 atom stereocenters. The van der Waals surface area contributed by atoms with Gasteiger partial charge in [0.15, 0.2) is 0 Å². The first-order chi connectivity index (χ1) is 7.27. The second-order valence-corrected chi connectivity index (χ2v) is 4.42. The van der Waals surface area contributed by atoms with Crippen LogP contribution >= 0.6 is 0 Å². The zero-order valence-electron chi connectivity index (χ0n) is 9.61. The van der Waals surface area contributed by atoms with Crippen LogP contribution in [0.2, 0.25) is 0 Å². The summed E-state index contributed by atoms with van der Waals surface area (Å²) in [6, 6.07) is 0.487. The smallest absolute Gasteiger partial charge is 0.0994 e. The first kappa shape index (κ1) is 10.6. The largest absolute Gasteiger partial charge is 0.325 e. The van der Waals surface area contributed by atoms with Gasteiger partial charge in [-0.15, -0.1) is 5.10 Å². The van der Waals surface area contributed by atoms with Gasteiger partial charge < -0.3 is 5.73 Å². The second-order valence-electron chi connectivity index (χ2n) is 4.42. The predicted molar refractivity (Wildman–Crippen MR) is 59.3 cm³/mol. The van der Waals surface area contributed by atoms with E-state index in [0.29, 0.717) is 12.6 Å². The quantitative estimate of drug-likeness (QED) is 0.818. The maximum atomic E-state index is 5.65. The molecule has 0 spiro atoms. The van der Waals surface area contributed by atoms with Crippen LogP contribution < -0.4 is 5.73 Å². The molecule has 1 aliphatic rings. The van der Waals surface area contributed by atoms with Crippen LogP contribution in [-0.4, -0.2) is 15.0 Å². The highest BCUT2D eigenvalue weighted by Gasteiger charge is 2.27. The highest BCUT2D eigenvalue weighted by Crippen LogP contribution is 2.36. The molecular weight excluding hydrogens is 188 g/mol. The van der Waals surface area contributed by atoms with Gasteiger partial charge in [-0.1, -0.05) is 18.6 Å². The summed E-state index contributed by atoms with van der Waals surface area (Å²) >= 11 is 0. The molecule has 0 aromatic carbocycles. The summed E-state index contributed by atoms with van der Waals surface area (Å²) in [5.74, 6) is 0.794. The molecule has 15 heavy (non-hydrogen) atoms. The fraction of sp³-hybridized carbons (Fsp3) is 0.818. The standard InChI is InChI=1S/C11H20N4/c1-3-11-10(7-12)13-14-15(11)8(2)9-5-4-6-9/h8-9H,3-7,12H2,1-2H3. The van der Waals surface area contributed by atoms with Crippen LogP contribution in [0.3, 0.4) is 0 Å². The zero-order valence-corrected chi connectivity index (χ0v) is 9.61. The van der Waals surface area contributed by atoms with E-state index in [1.807, 2.05) is 0 Å². The van der Waals surface area contributed by atoms with Crippen molar-refractivity contribution in [1.29, 1.82) is 0 Å². The molecule has 0 saturated heterocycles. The second kappa shape index (κ2) is 4.31. The minimum Gasteiger partial charge on any atom is -0.325 e. The lowest BCUT2D eigenvalue weighted by Gasteiger charge is -2.32. The molecule has 1 aliphatic carbocycles. The fourth-order valence-corrected chi connectivity index (χ4v) is 2.32. The molecule has 0 bridgehead atoms. The Bertz CT molecular complexity index is 327. The van der Waals surface area contributed by atoms with Gasteiger partial charge in [0.2, 0.25) is 0 Å². The molecule has 0 aliphatic heterocycles. The van der Waals surface area contributed by atoms with E-state index in [2.05, 4.69) is 28.8 Å². The Morgan fingerprint density at radius 3 is 2.73 bits per heavy atom. The average Bonchev–Trinajstić information content (AvgIpc) is 2.57. The van der Waals surface area contributed by atoms with Gasteiger partial charge in [0, 0.05) is 6.54 Å². The van der Waals surface area contributed by atoms with Crippen molar-refractivity contribution < 1.29 is 0 Å². The van der Waals surface area contributed by atoms with E-state index in [4.69, 9.17) is 5.73 Å². The summed E-state index contributed by atoms with van der Waals surface area (Å²) < 4.78 is 2.09. The van der Waals surface area contributed by atoms with Crippen LogP contribution in [0.25, 0.3) is 0 Å². The summed E-state index contributed by atoms with van der Waals surface area (Å²) in [5, 5.41) is 8.40. The number of hydrogen-bond acceptors (Lipinski definition) is 3. The lowest BCUT2D eigenvalue weighted by molar-refractivity contribution is 0.205. The Morgan fingerprint density at radius 1 is 1.53 bits per heavy atom. The van der Waals surface area contributed by atoms with Crippen molar-refractivity contribution in [3.05, 3.63) is 11.4 Å². The topological polar surface area (TPSA) is 56.7 Å². The van der Waals surface area contributed by atoms with Crippen LogP contribution in [0.4, 0.5) is 0 Å². The number of hydrogen-bond donors (Lipinski definition) is 1. The zero-order chi connectivity index (χ0) is 10.8. The Kier molecular flexibility index (Phi) is 3.05. The van der Waals surface area contributed by atoms with Gasteiger partial charge >= 0.3 is 0 Å². The van der Waals surface area contributed by atoms with E-state index in [1.54, 1.807) is 0 Å².